The molecular weight excluding hydrogens is 246 g/mol. The zero-order chi connectivity index (χ0) is 14.2. The Morgan fingerprint density at radius 2 is 1.70 bits per heavy atom. The molecule has 0 bridgehead atoms. The van der Waals surface area contributed by atoms with Gasteiger partial charge in [0.2, 0.25) is 0 Å². The molecule has 0 aromatic rings. The van der Waals surface area contributed by atoms with Gasteiger partial charge in [-0.1, -0.05) is 58.3 Å². The van der Waals surface area contributed by atoms with Crippen LogP contribution in [0.2, 0.25) is 0 Å². The standard InChI is InChI=1S/C18H35NO/c1-3-9-16(14-20-2)19-18-13-8-7-12-17(18)15-10-5-4-6-11-15/h15-19H,3-14H2,1-2H3. The monoisotopic (exact) mass is 281 g/mol. The fourth-order valence-electron chi connectivity index (χ4n) is 4.56. The first kappa shape index (κ1) is 16.3. The Morgan fingerprint density at radius 3 is 2.40 bits per heavy atom. The number of ether oxygens (including phenoxy) is 1. The molecule has 2 nitrogen and oxygen atoms in total. The lowest BCUT2D eigenvalue weighted by Gasteiger charge is -2.41. The molecule has 0 aromatic heterocycles. The topological polar surface area (TPSA) is 21.3 Å². The van der Waals surface area contributed by atoms with Gasteiger partial charge in [-0.15, -0.1) is 0 Å². The van der Waals surface area contributed by atoms with Gasteiger partial charge < -0.3 is 10.1 Å². The molecule has 2 aliphatic carbocycles. The molecule has 3 unspecified atom stereocenters. The maximum atomic E-state index is 5.42. The number of rotatable bonds is 7. The van der Waals surface area contributed by atoms with Gasteiger partial charge in [0.25, 0.3) is 0 Å². The van der Waals surface area contributed by atoms with E-state index < -0.39 is 0 Å². The summed E-state index contributed by atoms with van der Waals surface area (Å²) in [6.07, 6.45) is 15.7. The molecule has 0 spiro atoms. The summed E-state index contributed by atoms with van der Waals surface area (Å²) in [7, 11) is 1.84. The molecule has 0 amide bonds. The van der Waals surface area contributed by atoms with Crippen molar-refractivity contribution >= 4 is 0 Å². The molecule has 0 radical (unpaired) electrons. The molecule has 2 heteroatoms. The summed E-state index contributed by atoms with van der Waals surface area (Å²) >= 11 is 0. The van der Waals surface area contributed by atoms with Gasteiger partial charge in [0, 0.05) is 19.2 Å². The summed E-state index contributed by atoms with van der Waals surface area (Å²) in [5.74, 6) is 1.95. The van der Waals surface area contributed by atoms with Crippen LogP contribution in [-0.4, -0.2) is 25.8 Å². The van der Waals surface area contributed by atoms with E-state index in [1.165, 1.54) is 70.6 Å². The largest absolute Gasteiger partial charge is 0.383 e. The summed E-state index contributed by atoms with van der Waals surface area (Å²) in [5, 5.41) is 3.98. The first-order valence-corrected chi connectivity index (χ1v) is 9.10. The molecule has 0 saturated heterocycles. The minimum atomic E-state index is 0.569. The lowest BCUT2D eigenvalue weighted by atomic mass is 9.71. The second-order valence-corrected chi connectivity index (χ2v) is 7.06. The average molecular weight is 281 g/mol. The lowest BCUT2D eigenvalue weighted by Crippen LogP contribution is -2.48. The van der Waals surface area contributed by atoms with Gasteiger partial charge in [-0.25, -0.2) is 0 Å². The third-order valence-electron chi connectivity index (χ3n) is 5.53. The van der Waals surface area contributed by atoms with Gasteiger partial charge in [0.05, 0.1) is 6.61 Å². The van der Waals surface area contributed by atoms with Crippen LogP contribution in [0.25, 0.3) is 0 Å². The van der Waals surface area contributed by atoms with E-state index in [-0.39, 0.29) is 0 Å². The van der Waals surface area contributed by atoms with Crippen LogP contribution in [0, 0.1) is 11.8 Å². The van der Waals surface area contributed by atoms with Crippen LogP contribution < -0.4 is 5.32 Å². The molecule has 20 heavy (non-hydrogen) atoms. The minimum Gasteiger partial charge on any atom is -0.383 e. The van der Waals surface area contributed by atoms with Gasteiger partial charge in [0.15, 0.2) is 0 Å². The first-order chi connectivity index (χ1) is 9.85. The van der Waals surface area contributed by atoms with Gasteiger partial charge in [0.1, 0.15) is 0 Å². The Bertz CT molecular complexity index is 244. The van der Waals surface area contributed by atoms with Crippen molar-refractivity contribution in [1.29, 1.82) is 0 Å². The Labute approximate surface area is 126 Å². The molecule has 3 atom stereocenters. The highest BCUT2D eigenvalue weighted by molar-refractivity contribution is 4.88. The predicted octanol–water partition coefficient (Wildman–Crippen LogP) is 4.53. The third kappa shape index (κ3) is 4.73. The number of methoxy groups -OCH3 is 1. The van der Waals surface area contributed by atoms with Crippen LogP contribution >= 0.6 is 0 Å². The van der Waals surface area contributed by atoms with Crippen LogP contribution in [-0.2, 0) is 4.74 Å². The van der Waals surface area contributed by atoms with Gasteiger partial charge in [-0.3, -0.25) is 0 Å². The molecular formula is C18H35NO. The second kappa shape index (κ2) is 9.04. The maximum Gasteiger partial charge on any atom is 0.0615 e. The van der Waals surface area contributed by atoms with Crippen molar-refractivity contribution in [3.63, 3.8) is 0 Å². The fraction of sp³-hybridized carbons (Fsp3) is 1.00. The Balaban J connectivity index is 1.90. The molecule has 118 valence electrons. The van der Waals surface area contributed by atoms with Crippen molar-refractivity contribution in [2.45, 2.75) is 89.6 Å². The summed E-state index contributed by atoms with van der Waals surface area (Å²) < 4.78 is 5.42. The lowest BCUT2D eigenvalue weighted by molar-refractivity contribution is 0.110. The zero-order valence-corrected chi connectivity index (χ0v) is 13.7. The summed E-state index contributed by atoms with van der Waals surface area (Å²) in [6.45, 7) is 3.16. The van der Waals surface area contributed by atoms with Crippen molar-refractivity contribution in [2.24, 2.45) is 11.8 Å². The zero-order valence-electron chi connectivity index (χ0n) is 13.7. The van der Waals surface area contributed by atoms with Crippen molar-refractivity contribution in [2.75, 3.05) is 13.7 Å². The average Bonchev–Trinajstić information content (AvgIpc) is 2.49. The molecule has 2 fully saturated rings. The van der Waals surface area contributed by atoms with E-state index >= 15 is 0 Å². The van der Waals surface area contributed by atoms with Crippen LogP contribution in [0.1, 0.15) is 77.6 Å². The highest BCUT2D eigenvalue weighted by Gasteiger charge is 2.33. The summed E-state index contributed by atoms with van der Waals surface area (Å²) in [4.78, 5) is 0. The third-order valence-corrected chi connectivity index (χ3v) is 5.53. The number of hydrogen-bond acceptors (Lipinski definition) is 2. The molecule has 1 N–H and O–H groups in total. The van der Waals surface area contributed by atoms with Crippen molar-refractivity contribution in [1.82, 2.24) is 5.32 Å². The Kier molecular flexibility index (Phi) is 7.37. The Morgan fingerprint density at radius 1 is 1.00 bits per heavy atom. The molecule has 0 aliphatic heterocycles. The van der Waals surface area contributed by atoms with Gasteiger partial charge >= 0.3 is 0 Å². The van der Waals surface area contributed by atoms with E-state index in [0.717, 1.165) is 24.5 Å². The highest BCUT2D eigenvalue weighted by atomic mass is 16.5. The van der Waals surface area contributed by atoms with Crippen LogP contribution in [0.3, 0.4) is 0 Å². The van der Waals surface area contributed by atoms with Crippen molar-refractivity contribution in [3.05, 3.63) is 0 Å². The van der Waals surface area contributed by atoms with Crippen molar-refractivity contribution < 1.29 is 4.74 Å². The molecule has 0 heterocycles. The predicted molar refractivity (Wildman–Crippen MR) is 86.0 cm³/mol. The minimum absolute atomic E-state index is 0.569. The SMILES string of the molecule is CCCC(COC)NC1CCCCC1C1CCCCC1. The van der Waals surface area contributed by atoms with Crippen molar-refractivity contribution in [3.8, 4) is 0 Å². The van der Waals surface area contributed by atoms with Gasteiger partial charge in [-0.2, -0.15) is 0 Å². The molecule has 2 rings (SSSR count). The highest BCUT2D eigenvalue weighted by Crippen LogP contribution is 2.38. The molecule has 0 aromatic carbocycles. The molecule has 2 saturated carbocycles. The Hall–Kier alpha value is -0.0800. The fourth-order valence-corrected chi connectivity index (χ4v) is 4.56. The maximum absolute atomic E-state index is 5.42. The quantitative estimate of drug-likeness (QED) is 0.740. The smallest absolute Gasteiger partial charge is 0.0615 e. The second-order valence-electron chi connectivity index (χ2n) is 7.06. The molecule has 2 aliphatic rings. The number of hydrogen-bond donors (Lipinski definition) is 1. The van der Waals surface area contributed by atoms with E-state index in [2.05, 4.69) is 12.2 Å². The normalized spacial score (nSPS) is 30.3. The van der Waals surface area contributed by atoms with E-state index in [1.807, 2.05) is 7.11 Å². The van der Waals surface area contributed by atoms with Crippen LogP contribution in [0.15, 0.2) is 0 Å². The van der Waals surface area contributed by atoms with E-state index in [1.54, 1.807) is 0 Å². The van der Waals surface area contributed by atoms with Crippen LogP contribution in [0.5, 0.6) is 0 Å². The summed E-state index contributed by atoms with van der Waals surface area (Å²) in [6, 6.07) is 1.33. The first-order valence-electron chi connectivity index (χ1n) is 9.10. The summed E-state index contributed by atoms with van der Waals surface area (Å²) in [5.41, 5.74) is 0. The number of nitrogens with one attached hydrogen (secondary N) is 1. The van der Waals surface area contributed by atoms with Crippen LogP contribution in [0.4, 0.5) is 0 Å². The van der Waals surface area contributed by atoms with E-state index in [4.69, 9.17) is 4.74 Å². The van der Waals surface area contributed by atoms with E-state index in [0.29, 0.717) is 6.04 Å². The van der Waals surface area contributed by atoms with Gasteiger partial charge in [-0.05, 0) is 31.1 Å². The van der Waals surface area contributed by atoms with E-state index in [9.17, 15) is 0 Å².